The van der Waals surface area contributed by atoms with Gasteiger partial charge in [-0.2, -0.15) is 0 Å². The second-order valence-corrected chi connectivity index (χ2v) is 5.40. The molecule has 1 saturated heterocycles. The molecule has 1 amide bonds. The minimum Gasteiger partial charge on any atom is -0.327 e. The van der Waals surface area contributed by atoms with Crippen LogP contribution in [0.3, 0.4) is 0 Å². The van der Waals surface area contributed by atoms with E-state index < -0.39 is 6.04 Å². The van der Waals surface area contributed by atoms with Gasteiger partial charge in [-0.25, -0.2) is 4.39 Å². The fourth-order valence-corrected chi connectivity index (χ4v) is 2.31. The van der Waals surface area contributed by atoms with Crippen LogP contribution in [0, 0.1) is 5.82 Å². The zero-order valence-corrected chi connectivity index (χ0v) is 10.3. The number of rotatable bonds is 1. The van der Waals surface area contributed by atoms with Gasteiger partial charge in [0.15, 0.2) is 0 Å². The van der Waals surface area contributed by atoms with Gasteiger partial charge in [-0.05, 0) is 38.5 Å². The maximum absolute atomic E-state index is 13.2. The van der Waals surface area contributed by atoms with Crippen molar-refractivity contribution >= 4 is 5.91 Å². The van der Waals surface area contributed by atoms with Crippen LogP contribution >= 0.6 is 0 Å². The number of hydrogen-bond donors (Lipinski definition) is 1. The molecule has 3 nitrogen and oxygen atoms in total. The third kappa shape index (κ3) is 1.93. The number of amides is 1. The van der Waals surface area contributed by atoms with Crippen LogP contribution < -0.4 is 5.73 Å². The third-order valence-electron chi connectivity index (χ3n) is 3.05. The van der Waals surface area contributed by atoms with E-state index in [2.05, 4.69) is 0 Å². The van der Waals surface area contributed by atoms with E-state index in [1.165, 1.54) is 12.1 Å². The smallest absolute Gasteiger partial charge is 0.243 e. The molecule has 1 aliphatic rings. The first-order valence-corrected chi connectivity index (χ1v) is 5.66. The number of hydrogen-bond acceptors (Lipinski definition) is 2. The van der Waals surface area contributed by atoms with Gasteiger partial charge in [0.25, 0.3) is 0 Å². The Morgan fingerprint density at radius 2 is 2.00 bits per heavy atom. The Balaban J connectivity index is 2.35. The van der Waals surface area contributed by atoms with Gasteiger partial charge in [-0.3, -0.25) is 4.79 Å². The number of nitrogens with two attached hydrogens (primary N) is 1. The maximum Gasteiger partial charge on any atom is 0.243 e. The number of halogens is 1. The molecule has 2 atom stereocenters. The molecular formula is C13H17FN2O. The molecule has 2 N–H and O–H groups in total. The van der Waals surface area contributed by atoms with Crippen LogP contribution in [-0.4, -0.2) is 22.4 Å². The van der Waals surface area contributed by atoms with Gasteiger partial charge in [-0.15, -0.1) is 0 Å². The van der Waals surface area contributed by atoms with Crippen molar-refractivity contribution < 1.29 is 9.18 Å². The van der Waals surface area contributed by atoms with E-state index in [9.17, 15) is 9.18 Å². The molecule has 2 rings (SSSR count). The normalized spacial score (nSPS) is 24.8. The standard InChI is InChI=1S/C13H17FN2O/c1-13(2,3)16-11(10(15)12(16)17)8-5-4-6-9(14)7-8/h4-7,10-11H,15H2,1-3H3/t10-,11+/m0/s1. The summed E-state index contributed by atoms with van der Waals surface area (Å²) < 4.78 is 13.2. The van der Waals surface area contributed by atoms with Crippen molar-refractivity contribution in [3.63, 3.8) is 0 Å². The number of β-lactam (4-membered cyclic amide) rings is 1. The van der Waals surface area contributed by atoms with Crippen molar-refractivity contribution in [2.24, 2.45) is 5.73 Å². The highest BCUT2D eigenvalue weighted by Gasteiger charge is 2.50. The molecule has 0 saturated carbocycles. The summed E-state index contributed by atoms with van der Waals surface area (Å²) >= 11 is 0. The minimum atomic E-state index is -0.559. The van der Waals surface area contributed by atoms with Crippen molar-refractivity contribution in [3.05, 3.63) is 35.6 Å². The Hall–Kier alpha value is -1.42. The minimum absolute atomic E-state index is 0.0771. The fourth-order valence-electron chi connectivity index (χ4n) is 2.31. The highest BCUT2D eigenvalue weighted by atomic mass is 19.1. The van der Waals surface area contributed by atoms with Crippen LogP contribution in [-0.2, 0) is 4.79 Å². The molecule has 0 spiro atoms. The van der Waals surface area contributed by atoms with E-state index in [1.54, 1.807) is 17.0 Å². The Kier molecular flexibility index (Phi) is 2.70. The molecule has 0 unspecified atom stereocenters. The van der Waals surface area contributed by atoms with Crippen LogP contribution in [0.25, 0.3) is 0 Å². The molecule has 0 aliphatic carbocycles. The third-order valence-corrected chi connectivity index (χ3v) is 3.05. The molecule has 0 bridgehead atoms. The van der Waals surface area contributed by atoms with Crippen molar-refractivity contribution in [2.75, 3.05) is 0 Å². The first-order valence-electron chi connectivity index (χ1n) is 5.66. The molecule has 1 aromatic rings. The van der Waals surface area contributed by atoms with Crippen molar-refractivity contribution in [1.82, 2.24) is 4.90 Å². The van der Waals surface area contributed by atoms with Crippen molar-refractivity contribution in [3.8, 4) is 0 Å². The van der Waals surface area contributed by atoms with Crippen LogP contribution in [0.15, 0.2) is 24.3 Å². The zero-order chi connectivity index (χ0) is 12.8. The molecule has 1 aliphatic heterocycles. The first-order chi connectivity index (χ1) is 7.82. The van der Waals surface area contributed by atoms with E-state index in [0.717, 1.165) is 5.56 Å². The van der Waals surface area contributed by atoms with E-state index >= 15 is 0 Å². The second-order valence-electron chi connectivity index (χ2n) is 5.40. The SMILES string of the molecule is CC(C)(C)N1C(=O)[C@@H](N)[C@H]1c1cccc(F)c1. The van der Waals surface area contributed by atoms with E-state index in [4.69, 9.17) is 5.73 Å². The van der Waals surface area contributed by atoms with E-state index in [0.29, 0.717) is 0 Å². The summed E-state index contributed by atoms with van der Waals surface area (Å²) in [7, 11) is 0. The molecule has 92 valence electrons. The lowest BCUT2D eigenvalue weighted by Gasteiger charge is -2.52. The number of likely N-dealkylation sites (tertiary alicyclic amines) is 1. The van der Waals surface area contributed by atoms with Crippen LogP contribution in [0.5, 0.6) is 0 Å². The predicted octanol–water partition coefficient (Wildman–Crippen LogP) is 1.83. The Labute approximate surface area is 100 Å². The summed E-state index contributed by atoms with van der Waals surface area (Å²) in [6.45, 7) is 5.84. The van der Waals surface area contributed by atoms with E-state index in [1.807, 2.05) is 20.8 Å². The van der Waals surface area contributed by atoms with Gasteiger partial charge in [0.2, 0.25) is 5.91 Å². The topological polar surface area (TPSA) is 46.3 Å². The Morgan fingerprint density at radius 1 is 1.35 bits per heavy atom. The monoisotopic (exact) mass is 236 g/mol. The van der Waals surface area contributed by atoms with Gasteiger partial charge in [-0.1, -0.05) is 12.1 Å². The van der Waals surface area contributed by atoms with Gasteiger partial charge in [0, 0.05) is 5.54 Å². The lowest BCUT2D eigenvalue weighted by atomic mass is 9.84. The molecule has 1 heterocycles. The highest BCUT2D eigenvalue weighted by molar-refractivity contribution is 5.90. The number of nitrogens with zero attached hydrogens (tertiary/aromatic N) is 1. The van der Waals surface area contributed by atoms with Crippen LogP contribution in [0.4, 0.5) is 4.39 Å². The van der Waals surface area contributed by atoms with Crippen LogP contribution in [0.2, 0.25) is 0 Å². The van der Waals surface area contributed by atoms with Crippen LogP contribution in [0.1, 0.15) is 32.4 Å². The number of carbonyl (C=O) groups excluding carboxylic acids is 1. The lowest BCUT2D eigenvalue weighted by molar-refractivity contribution is -0.158. The summed E-state index contributed by atoms with van der Waals surface area (Å²) in [5, 5.41) is 0. The summed E-state index contributed by atoms with van der Waals surface area (Å²) in [4.78, 5) is 13.5. The van der Waals surface area contributed by atoms with E-state index in [-0.39, 0.29) is 23.3 Å². The average Bonchev–Trinajstić information content (AvgIpc) is 2.22. The Morgan fingerprint density at radius 3 is 2.53 bits per heavy atom. The largest absolute Gasteiger partial charge is 0.327 e. The quantitative estimate of drug-likeness (QED) is 0.756. The molecular weight excluding hydrogens is 219 g/mol. The highest BCUT2D eigenvalue weighted by Crippen LogP contribution is 2.39. The maximum atomic E-state index is 13.2. The van der Waals surface area contributed by atoms with Gasteiger partial charge in [0.1, 0.15) is 11.9 Å². The second kappa shape index (κ2) is 3.81. The lowest BCUT2D eigenvalue weighted by Crippen LogP contribution is -2.68. The Bertz CT molecular complexity index is 453. The summed E-state index contributed by atoms with van der Waals surface area (Å²) in [6, 6.07) is 5.49. The summed E-state index contributed by atoms with van der Waals surface area (Å²) in [5.74, 6) is -0.380. The van der Waals surface area contributed by atoms with Gasteiger partial charge < -0.3 is 10.6 Å². The first kappa shape index (κ1) is 12.0. The zero-order valence-electron chi connectivity index (χ0n) is 10.3. The summed E-state index contributed by atoms with van der Waals surface area (Å²) in [5.41, 5.74) is 6.28. The molecule has 4 heteroatoms. The molecule has 17 heavy (non-hydrogen) atoms. The van der Waals surface area contributed by atoms with Crippen molar-refractivity contribution in [2.45, 2.75) is 38.4 Å². The van der Waals surface area contributed by atoms with Gasteiger partial charge >= 0.3 is 0 Å². The fraction of sp³-hybridized carbons (Fsp3) is 0.462. The average molecular weight is 236 g/mol. The number of carbonyl (C=O) groups is 1. The van der Waals surface area contributed by atoms with Gasteiger partial charge in [0.05, 0.1) is 6.04 Å². The predicted molar refractivity (Wildman–Crippen MR) is 63.7 cm³/mol. The molecule has 0 aromatic heterocycles. The molecule has 0 radical (unpaired) electrons. The van der Waals surface area contributed by atoms with Crippen molar-refractivity contribution in [1.29, 1.82) is 0 Å². The number of benzene rings is 1. The molecule has 1 fully saturated rings. The summed E-state index contributed by atoms with van der Waals surface area (Å²) in [6.07, 6.45) is 0. The molecule has 1 aromatic carbocycles.